The molecule has 0 saturated heterocycles. The van der Waals surface area contributed by atoms with E-state index in [1.165, 1.54) is 0 Å². The first-order valence-corrected chi connectivity index (χ1v) is 11.3. The number of rotatable bonds is 6. The number of fused-ring (bicyclic) bond motifs is 3. The number of hydrogen-bond donors (Lipinski definition) is 1. The Bertz CT molecular complexity index is 1390. The molecule has 1 aliphatic rings. The number of aryl methyl sites for hydroxylation is 2. The number of amides is 1. The number of methoxy groups -OCH3 is 2. The summed E-state index contributed by atoms with van der Waals surface area (Å²) in [7, 11) is 3.12. The second-order valence-electron chi connectivity index (χ2n) is 8.21. The summed E-state index contributed by atoms with van der Waals surface area (Å²) < 4.78 is 18.6. The fourth-order valence-electron chi connectivity index (χ4n) is 4.36. The molecule has 7 nitrogen and oxygen atoms in total. The molecule has 0 unspecified atom stereocenters. The predicted molar refractivity (Wildman–Crippen MR) is 130 cm³/mol. The Balaban J connectivity index is 1.43. The summed E-state index contributed by atoms with van der Waals surface area (Å²) >= 11 is 6.13. The maximum atomic E-state index is 13.1. The van der Waals surface area contributed by atoms with Gasteiger partial charge in [0.2, 0.25) is 0 Å². The average molecular weight is 478 g/mol. The maximum Gasteiger partial charge on any atom is 0.291 e. The highest BCUT2D eigenvalue weighted by molar-refractivity contribution is 6.30. The molecule has 0 bridgehead atoms. The summed E-state index contributed by atoms with van der Waals surface area (Å²) in [6.45, 7) is 2.51. The van der Waals surface area contributed by atoms with E-state index in [0.29, 0.717) is 35.2 Å². The van der Waals surface area contributed by atoms with Crippen LogP contribution in [0.4, 0.5) is 5.69 Å². The number of nitrogens with one attached hydrogen (secondary N) is 1. The minimum Gasteiger partial charge on any atom is -0.497 e. The molecule has 1 aliphatic carbocycles. The topological polar surface area (TPSA) is 78.5 Å². The van der Waals surface area contributed by atoms with Gasteiger partial charge in [-0.2, -0.15) is 5.10 Å². The summed E-state index contributed by atoms with van der Waals surface area (Å²) in [4.78, 5) is 13.1. The third-order valence-electron chi connectivity index (χ3n) is 6.01. The van der Waals surface area contributed by atoms with Crippen molar-refractivity contribution < 1.29 is 18.7 Å². The molecule has 2 aromatic carbocycles. The molecule has 0 fully saturated rings. The molecule has 0 aliphatic heterocycles. The smallest absolute Gasteiger partial charge is 0.291 e. The number of hydrogen-bond acceptors (Lipinski definition) is 5. The molecule has 4 aromatic rings. The number of carbonyl (C=O) groups is 1. The van der Waals surface area contributed by atoms with Crippen molar-refractivity contribution in [2.45, 2.75) is 26.3 Å². The number of carbonyl (C=O) groups excluding carboxylic acids is 1. The number of benzene rings is 2. The van der Waals surface area contributed by atoms with E-state index in [9.17, 15) is 4.79 Å². The van der Waals surface area contributed by atoms with E-state index >= 15 is 0 Å². The quantitative estimate of drug-likeness (QED) is 0.395. The molecule has 0 saturated carbocycles. The van der Waals surface area contributed by atoms with Crippen LogP contribution in [0.15, 0.2) is 53.1 Å². The van der Waals surface area contributed by atoms with E-state index in [2.05, 4.69) is 11.5 Å². The van der Waals surface area contributed by atoms with Gasteiger partial charge in [0.25, 0.3) is 5.91 Å². The van der Waals surface area contributed by atoms with Gasteiger partial charge in [-0.25, -0.2) is 0 Å². The molecule has 0 spiro atoms. The summed E-state index contributed by atoms with van der Waals surface area (Å²) in [6, 6.07) is 13.0. The van der Waals surface area contributed by atoms with Crippen molar-refractivity contribution in [3.8, 4) is 22.8 Å². The second-order valence-corrected chi connectivity index (χ2v) is 8.64. The van der Waals surface area contributed by atoms with Crippen LogP contribution in [0.2, 0.25) is 5.02 Å². The Morgan fingerprint density at radius 3 is 2.79 bits per heavy atom. The molecule has 5 rings (SSSR count). The molecule has 174 valence electrons. The fraction of sp³-hybridized carbons (Fsp3) is 0.231. The normalized spacial score (nSPS) is 12.1. The first-order valence-electron chi connectivity index (χ1n) is 10.9. The number of anilines is 1. The van der Waals surface area contributed by atoms with Gasteiger partial charge in [0.05, 0.1) is 32.1 Å². The van der Waals surface area contributed by atoms with E-state index in [-0.39, 0.29) is 11.7 Å². The van der Waals surface area contributed by atoms with Crippen molar-refractivity contribution in [3.05, 3.63) is 81.9 Å². The summed E-state index contributed by atoms with van der Waals surface area (Å²) in [6.07, 6.45) is 3.58. The van der Waals surface area contributed by atoms with Gasteiger partial charge in [0, 0.05) is 34.8 Å². The largest absolute Gasteiger partial charge is 0.497 e. The van der Waals surface area contributed by atoms with Crippen LogP contribution in [0, 0.1) is 6.92 Å². The van der Waals surface area contributed by atoms with Crippen LogP contribution in [-0.4, -0.2) is 29.9 Å². The number of furan rings is 1. The molecular formula is C26H24ClN3O4. The molecule has 0 radical (unpaired) electrons. The lowest BCUT2D eigenvalue weighted by atomic mass is 9.93. The summed E-state index contributed by atoms with van der Waals surface area (Å²) in [5.74, 6) is 1.87. The molecule has 34 heavy (non-hydrogen) atoms. The lowest BCUT2D eigenvalue weighted by Crippen LogP contribution is -2.13. The Kier molecular flexibility index (Phi) is 5.79. The Hall–Kier alpha value is -3.71. The number of nitrogens with zero attached hydrogens (tertiary/aromatic N) is 2. The Morgan fingerprint density at radius 2 is 2.03 bits per heavy atom. The van der Waals surface area contributed by atoms with Crippen molar-refractivity contribution in [2.75, 3.05) is 19.5 Å². The van der Waals surface area contributed by atoms with Gasteiger partial charge in [0.15, 0.2) is 5.76 Å². The summed E-state index contributed by atoms with van der Waals surface area (Å²) in [5, 5.41) is 8.42. The standard InChI is InChI=1S/C26H24ClN3O4/c1-15-23-21(34-25(15)26(31)28-20-9-8-19(32-2)12-22(20)33-3)10-7-17-14-30(29-24(17)23)13-16-5-4-6-18(27)11-16/h4-6,8-9,11-12,14H,7,10,13H2,1-3H3,(H,28,31). The van der Waals surface area contributed by atoms with Gasteiger partial charge < -0.3 is 19.2 Å². The van der Waals surface area contributed by atoms with Crippen LogP contribution >= 0.6 is 11.6 Å². The van der Waals surface area contributed by atoms with Gasteiger partial charge in [-0.15, -0.1) is 0 Å². The highest BCUT2D eigenvalue weighted by Gasteiger charge is 2.30. The lowest BCUT2D eigenvalue weighted by molar-refractivity contribution is 0.0993. The van der Waals surface area contributed by atoms with E-state index in [1.807, 2.05) is 35.9 Å². The number of aromatic nitrogens is 2. The van der Waals surface area contributed by atoms with Crippen LogP contribution in [0.5, 0.6) is 11.5 Å². The zero-order valence-electron chi connectivity index (χ0n) is 19.1. The highest BCUT2D eigenvalue weighted by Crippen LogP contribution is 2.39. The van der Waals surface area contributed by atoms with E-state index in [1.54, 1.807) is 32.4 Å². The average Bonchev–Trinajstić information content (AvgIpc) is 3.39. The first kappa shape index (κ1) is 22.1. The third kappa shape index (κ3) is 4.03. The number of ether oxygens (including phenoxy) is 2. The van der Waals surface area contributed by atoms with Crippen molar-refractivity contribution in [3.63, 3.8) is 0 Å². The minimum absolute atomic E-state index is 0.278. The predicted octanol–water partition coefficient (Wildman–Crippen LogP) is 5.52. The molecule has 1 amide bonds. The Labute approximate surface area is 202 Å². The van der Waals surface area contributed by atoms with E-state index < -0.39 is 0 Å². The monoisotopic (exact) mass is 477 g/mol. The zero-order valence-corrected chi connectivity index (χ0v) is 19.9. The minimum atomic E-state index is -0.338. The molecule has 1 N–H and O–H groups in total. The fourth-order valence-corrected chi connectivity index (χ4v) is 4.58. The molecule has 2 aromatic heterocycles. The van der Waals surface area contributed by atoms with Gasteiger partial charge in [-0.3, -0.25) is 9.48 Å². The van der Waals surface area contributed by atoms with Crippen LogP contribution in [0.3, 0.4) is 0 Å². The van der Waals surface area contributed by atoms with Crippen LogP contribution in [0.25, 0.3) is 11.3 Å². The lowest BCUT2D eigenvalue weighted by Gasteiger charge is -2.11. The van der Waals surface area contributed by atoms with Crippen molar-refractivity contribution >= 4 is 23.2 Å². The van der Waals surface area contributed by atoms with Crippen LogP contribution in [0.1, 0.15) is 33.0 Å². The highest BCUT2D eigenvalue weighted by atomic mass is 35.5. The molecular weight excluding hydrogens is 454 g/mol. The van der Waals surface area contributed by atoms with Gasteiger partial charge in [0.1, 0.15) is 17.3 Å². The molecule has 2 heterocycles. The van der Waals surface area contributed by atoms with Gasteiger partial charge in [-0.1, -0.05) is 23.7 Å². The SMILES string of the molecule is COc1ccc(NC(=O)c2oc3c(c2C)-c2nn(Cc4cccc(Cl)c4)cc2CC3)c(OC)c1. The van der Waals surface area contributed by atoms with Crippen molar-refractivity contribution in [1.82, 2.24) is 9.78 Å². The van der Waals surface area contributed by atoms with Gasteiger partial charge in [-0.05, 0) is 48.7 Å². The number of halogens is 1. The van der Waals surface area contributed by atoms with Gasteiger partial charge >= 0.3 is 0 Å². The van der Waals surface area contributed by atoms with Crippen molar-refractivity contribution in [2.24, 2.45) is 0 Å². The van der Waals surface area contributed by atoms with E-state index in [4.69, 9.17) is 30.6 Å². The molecule has 0 atom stereocenters. The van der Waals surface area contributed by atoms with E-state index in [0.717, 1.165) is 40.1 Å². The summed E-state index contributed by atoms with van der Waals surface area (Å²) in [5.41, 5.74) is 5.29. The Morgan fingerprint density at radius 1 is 1.18 bits per heavy atom. The second kappa shape index (κ2) is 8.91. The zero-order chi connectivity index (χ0) is 23.8. The first-order chi connectivity index (χ1) is 16.5. The molecule has 8 heteroatoms. The third-order valence-corrected chi connectivity index (χ3v) is 6.25. The van der Waals surface area contributed by atoms with Crippen LogP contribution in [-0.2, 0) is 19.4 Å². The maximum absolute atomic E-state index is 13.1. The van der Waals surface area contributed by atoms with Crippen LogP contribution < -0.4 is 14.8 Å². The van der Waals surface area contributed by atoms with Crippen molar-refractivity contribution in [1.29, 1.82) is 0 Å².